The summed E-state index contributed by atoms with van der Waals surface area (Å²) in [6, 6.07) is 8.13. The Kier molecular flexibility index (Phi) is 3.42. The van der Waals surface area contributed by atoms with Gasteiger partial charge in [0.25, 0.3) is 0 Å². The minimum atomic E-state index is 0.364. The van der Waals surface area contributed by atoms with E-state index in [4.69, 9.17) is 5.73 Å². The van der Waals surface area contributed by atoms with E-state index >= 15 is 0 Å². The summed E-state index contributed by atoms with van der Waals surface area (Å²) in [5, 5.41) is 12.3. The van der Waals surface area contributed by atoms with Crippen molar-refractivity contribution in [2.45, 2.75) is 39.2 Å². The SMILES string of the molecule is CC1CCCC(n2nnnc2-c2ccccc2N)C1C. The van der Waals surface area contributed by atoms with Crippen LogP contribution in [-0.4, -0.2) is 20.2 Å². The van der Waals surface area contributed by atoms with Crippen LogP contribution in [0.1, 0.15) is 39.2 Å². The van der Waals surface area contributed by atoms with Crippen molar-refractivity contribution >= 4 is 5.69 Å². The van der Waals surface area contributed by atoms with Crippen LogP contribution in [0, 0.1) is 11.8 Å². The lowest BCUT2D eigenvalue weighted by Crippen LogP contribution is -2.28. The molecular formula is C15H21N5. The highest BCUT2D eigenvalue weighted by atomic mass is 15.6. The van der Waals surface area contributed by atoms with Crippen LogP contribution in [0.4, 0.5) is 5.69 Å². The Hall–Kier alpha value is -1.91. The first-order valence-corrected chi connectivity index (χ1v) is 7.31. The lowest BCUT2D eigenvalue weighted by Gasteiger charge is -2.34. The minimum Gasteiger partial charge on any atom is -0.398 e. The molecule has 3 atom stereocenters. The van der Waals surface area contributed by atoms with Gasteiger partial charge in [-0.15, -0.1) is 5.10 Å². The smallest absolute Gasteiger partial charge is 0.184 e. The molecule has 1 saturated carbocycles. The number of nitrogen functional groups attached to an aromatic ring is 1. The fourth-order valence-corrected chi connectivity index (χ4v) is 3.19. The van der Waals surface area contributed by atoms with Crippen LogP contribution in [0.15, 0.2) is 24.3 Å². The Morgan fingerprint density at radius 3 is 2.80 bits per heavy atom. The molecule has 1 heterocycles. The van der Waals surface area contributed by atoms with E-state index in [2.05, 4.69) is 29.4 Å². The van der Waals surface area contributed by atoms with Crippen molar-refractivity contribution in [2.75, 3.05) is 5.73 Å². The third-order valence-electron chi connectivity index (χ3n) is 4.67. The number of hydrogen-bond donors (Lipinski definition) is 1. The van der Waals surface area contributed by atoms with Crippen LogP contribution in [0.3, 0.4) is 0 Å². The molecule has 0 saturated heterocycles. The van der Waals surface area contributed by atoms with Crippen LogP contribution >= 0.6 is 0 Å². The summed E-state index contributed by atoms with van der Waals surface area (Å²) in [4.78, 5) is 0. The molecule has 0 amide bonds. The van der Waals surface area contributed by atoms with E-state index in [1.54, 1.807) is 0 Å². The van der Waals surface area contributed by atoms with Gasteiger partial charge >= 0.3 is 0 Å². The second-order valence-corrected chi connectivity index (χ2v) is 5.87. The largest absolute Gasteiger partial charge is 0.398 e. The fraction of sp³-hybridized carbons (Fsp3) is 0.533. The molecule has 0 radical (unpaired) electrons. The number of nitrogens with zero attached hydrogens (tertiary/aromatic N) is 4. The van der Waals surface area contributed by atoms with Gasteiger partial charge in [0, 0.05) is 11.3 Å². The number of anilines is 1. The van der Waals surface area contributed by atoms with Crippen LogP contribution in [0.2, 0.25) is 0 Å². The maximum Gasteiger partial charge on any atom is 0.184 e. The summed E-state index contributed by atoms with van der Waals surface area (Å²) >= 11 is 0. The third-order valence-corrected chi connectivity index (χ3v) is 4.67. The molecule has 1 fully saturated rings. The van der Waals surface area contributed by atoms with Crippen LogP contribution in [0.5, 0.6) is 0 Å². The molecule has 1 aliphatic rings. The number of nitrogens with two attached hydrogens (primary N) is 1. The fourth-order valence-electron chi connectivity index (χ4n) is 3.19. The predicted octanol–water partition coefficient (Wildman–Crippen LogP) is 2.92. The second kappa shape index (κ2) is 5.23. The Morgan fingerprint density at radius 2 is 2.00 bits per heavy atom. The van der Waals surface area contributed by atoms with Gasteiger partial charge in [-0.1, -0.05) is 38.8 Å². The standard InChI is InChI=1S/C15H21N5/c1-10-6-5-9-14(11(10)2)20-15(17-18-19-20)12-7-3-4-8-13(12)16/h3-4,7-8,10-11,14H,5-6,9,16H2,1-2H3. The van der Waals surface area contributed by atoms with Gasteiger partial charge in [0.2, 0.25) is 0 Å². The summed E-state index contributed by atoms with van der Waals surface area (Å²) in [6.07, 6.45) is 3.67. The summed E-state index contributed by atoms with van der Waals surface area (Å²) in [7, 11) is 0. The van der Waals surface area contributed by atoms with Gasteiger partial charge in [-0.2, -0.15) is 0 Å². The van der Waals surface area contributed by atoms with Crippen molar-refractivity contribution in [1.82, 2.24) is 20.2 Å². The lowest BCUT2D eigenvalue weighted by atomic mass is 9.78. The molecule has 5 heteroatoms. The van der Waals surface area contributed by atoms with E-state index in [1.807, 2.05) is 28.9 Å². The minimum absolute atomic E-state index is 0.364. The number of para-hydroxylation sites is 1. The Labute approximate surface area is 119 Å². The van der Waals surface area contributed by atoms with E-state index < -0.39 is 0 Å². The first-order chi connectivity index (χ1) is 9.68. The Morgan fingerprint density at radius 1 is 1.20 bits per heavy atom. The van der Waals surface area contributed by atoms with Crippen LogP contribution in [-0.2, 0) is 0 Å². The molecule has 2 N–H and O–H groups in total. The van der Waals surface area contributed by atoms with E-state index in [9.17, 15) is 0 Å². The predicted molar refractivity (Wildman–Crippen MR) is 78.9 cm³/mol. The molecule has 1 aromatic carbocycles. The molecule has 1 aliphatic carbocycles. The summed E-state index contributed by atoms with van der Waals surface area (Å²) in [5.41, 5.74) is 7.70. The highest BCUT2D eigenvalue weighted by molar-refractivity contribution is 5.71. The number of benzene rings is 1. The van der Waals surface area contributed by atoms with Gasteiger partial charge in [0.05, 0.1) is 6.04 Å². The first-order valence-electron chi connectivity index (χ1n) is 7.31. The average molecular weight is 271 g/mol. The van der Waals surface area contributed by atoms with Crippen molar-refractivity contribution in [3.63, 3.8) is 0 Å². The summed E-state index contributed by atoms with van der Waals surface area (Å²) < 4.78 is 1.98. The Bertz CT molecular complexity index is 591. The summed E-state index contributed by atoms with van der Waals surface area (Å²) in [5.74, 6) is 2.07. The molecule has 3 unspecified atom stereocenters. The van der Waals surface area contributed by atoms with Gasteiger partial charge in [-0.3, -0.25) is 0 Å². The van der Waals surface area contributed by atoms with E-state index in [1.165, 1.54) is 12.8 Å². The number of rotatable bonds is 2. The average Bonchev–Trinajstić information content (AvgIpc) is 2.91. The van der Waals surface area contributed by atoms with E-state index in [0.29, 0.717) is 17.9 Å². The summed E-state index contributed by atoms with van der Waals surface area (Å²) in [6.45, 7) is 4.62. The van der Waals surface area contributed by atoms with Crippen molar-refractivity contribution < 1.29 is 0 Å². The molecule has 3 rings (SSSR count). The van der Waals surface area contributed by atoms with Gasteiger partial charge in [-0.25, -0.2) is 4.68 Å². The zero-order valence-electron chi connectivity index (χ0n) is 12.0. The van der Waals surface area contributed by atoms with E-state index in [0.717, 1.165) is 23.5 Å². The molecule has 106 valence electrons. The van der Waals surface area contributed by atoms with Crippen LogP contribution in [0.25, 0.3) is 11.4 Å². The van der Waals surface area contributed by atoms with Gasteiger partial charge in [0.1, 0.15) is 0 Å². The number of aromatic nitrogens is 4. The van der Waals surface area contributed by atoms with Crippen molar-refractivity contribution in [1.29, 1.82) is 0 Å². The lowest BCUT2D eigenvalue weighted by molar-refractivity contribution is 0.174. The van der Waals surface area contributed by atoms with Gasteiger partial charge in [0.15, 0.2) is 5.82 Å². The monoisotopic (exact) mass is 271 g/mol. The Balaban J connectivity index is 2.00. The highest BCUT2D eigenvalue weighted by Crippen LogP contribution is 2.39. The normalized spacial score (nSPS) is 26.6. The van der Waals surface area contributed by atoms with Crippen LogP contribution < -0.4 is 5.73 Å². The second-order valence-electron chi connectivity index (χ2n) is 5.87. The topological polar surface area (TPSA) is 69.6 Å². The van der Waals surface area contributed by atoms with Gasteiger partial charge in [-0.05, 0) is 40.8 Å². The molecular weight excluding hydrogens is 250 g/mol. The zero-order chi connectivity index (χ0) is 14.1. The van der Waals surface area contributed by atoms with Crippen molar-refractivity contribution in [2.24, 2.45) is 11.8 Å². The van der Waals surface area contributed by atoms with Crippen molar-refractivity contribution in [3.05, 3.63) is 24.3 Å². The number of hydrogen-bond acceptors (Lipinski definition) is 4. The molecule has 0 aliphatic heterocycles. The molecule has 0 bridgehead atoms. The third kappa shape index (κ3) is 2.17. The maximum absolute atomic E-state index is 6.06. The van der Waals surface area contributed by atoms with Gasteiger partial charge < -0.3 is 5.73 Å². The maximum atomic E-state index is 6.06. The number of tetrazole rings is 1. The van der Waals surface area contributed by atoms with Crippen molar-refractivity contribution in [3.8, 4) is 11.4 Å². The first kappa shape index (κ1) is 13.1. The zero-order valence-corrected chi connectivity index (χ0v) is 12.0. The molecule has 20 heavy (non-hydrogen) atoms. The molecule has 5 nitrogen and oxygen atoms in total. The molecule has 2 aromatic rings. The molecule has 1 aromatic heterocycles. The highest BCUT2D eigenvalue weighted by Gasteiger charge is 2.31. The quantitative estimate of drug-likeness (QED) is 0.853. The van der Waals surface area contributed by atoms with E-state index in [-0.39, 0.29) is 0 Å². The molecule has 0 spiro atoms.